The van der Waals surface area contributed by atoms with Crippen LogP contribution in [0.25, 0.3) is 0 Å². The Balaban J connectivity index is 2.10. The van der Waals surface area contributed by atoms with E-state index in [-0.39, 0.29) is 17.2 Å². The van der Waals surface area contributed by atoms with Gasteiger partial charge in [0.25, 0.3) is 11.8 Å². The van der Waals surface area contributed by atoms with Gasteiger partial charge < -0.3 is 4.42 Å². The first-order valence-electron chi connectivity index (χ1n) is 9.26. The lowest BCUT2D eigenvalue weighted by molar-refractivity contribution is -0.123. The lowest BCUT2D eigenvalue weighted by Gasteiger charge is -2.20. The number of sulfonamides is 1. The molecule has 0 aliphatic heterocycles. The summed E-state index contributed by atoms with van der Waals surface area (Å²) in [5, 5.41) is 0. The van der Waals surface area contributed by atoms with E-state index in [1.54, 1.807) is 32.0 Å². The predicted molar refractivity (Wildman–Crippen MR) is 109 cm³/mol. The Morgan fingerprint density at radius 2 is 1.66 bits per heavy atom. The molecule has 0 spiro atoms. The van der Waals surface area contributed by atoms with Crippen LogP contribution in [0.1, 0.15) is 47.7 Å². The number of hydrogen-bond donors (Lipinski definition) is 3. The van der Waals surface area contributed by atoms with E-state index < -0.39 is 27.9 Å². The fourth-order valence-electron chi connectivity index (χ4n) is 2.78. The number of furan rings is 1. The molecule has 0 bridgehead atoms. The highest BCUT2D eigenvalue weighted by molar-refractivity contribution is 7.89. The minimum atomic E-state index is -3.90. The Morgan fingerprint density at radius 1 is 1.03 bits per heavy atom. The zero-order valence-corrected chi connectivity index (χ0v) is 18.0. The fourth-order valence-corrected chi connectivity index (χ4v) is 3.99. The summed E-state index contributed by atoms with van der Waals surface area (Å²) in [7, 11) is -3.90. The third kappa shape index (κ3) is 6.16. The second kappa shape index (κ2) is 9.23. The summed E-state index contributed by atoms with van der Waals surface area (Å²) >= 11 is 0. The van der Waals surface area contributed by atoms with Crippen molar-refractivity contribution in [3.63, 3.8) is 0 Å². The van der Waals surface area contributed by atoms with E-state index in [9.17, 15) is 18.0 Å². The Hall–Kier alpha value is -2.65. The van der Waals surface area contributed by atoms with Gasteiger partial charge in [-0.1, -0.05) is 31.5 Å². The number of nitrogens with one attached hydrogen (secondary N) is 3. The molecule has 2 rings (SSSR count). The first-order valence-corrected chi connectivity index (χ1v) is 10.7. The SMILES string of the molecule is Cc1ccc(S(=O)(=O)NC(CC(C)C)C(=O)NNC(=O)c2cc(C)oc2C)cc1. The normalized spacial score (nSPS) is 12.6. The van der Waals surface area contributed by atoms with Crippen LogP contribution in [-0.2, 0) is 14.8 Å². The van der Waals surface area contributed by atoms with E-state index in [1.807, 2.05) is 20.8 Å². The molecule has 29 heavy (non-hydrogen) atoms. The zero-order valence-electron chi connectivity index (χ0n) is 17.2. The Bertz CT molecular complexity index is 978. The van der Waals surface area contributed by atoms with Gasteiger partial charge in [-0.05, 0) is 51.3 Å². The third-order valence-corrected chi connectivity index (χ3v) is 5.72. The predicted octanol–water partition coefficient (Wildman–Crippen LogP) is 2.36. The molecule has 0 aliphatic rings. The van der Waals surface area contributed by atoms with Crippen LogP contribution in [0.15, 0.2) is 39.6 Å². The van der Waals surface area contributed by atoms with Crippen LogP contribution in [0.2, 0.25) is 0 Å². The summed E-state index contributed by atoms with van der Waals surface area (Å²) in [4.78, 5) is 24.9. The van der Waals surface area contributed by atoms with Crippen LogP contribution in [0.5, 0.6) is 0 Å². The van der Waals surface area contributed by atoms with Crippen molar-refractivity contribution >= 4 is 21.8 Å². The molecule has 8 nitrogen and oxygen atoms in total. The largest absolute Gasteiger partial charge is 0.466 e. The highest BCUT2D eigenvalue weighted by Gasteiger charge is 2.27. The number of carbonyl (C=O) groups excluding carboxylic acids is 2. The van der Waals surface area contributed by atoms with E-state index in [0.29, 0.717) is 17.1 Å². The van der Waals surface area contributed by atoms with Crippen molar-refractivity contribution in [1.82, 2.24) is 15.6 Å². The number of hydrazine groups is 1. The molecule has 0 saturated heterocycles. The van der Waals surface area contributed by atoms with Gasteiger partial charge in [-0.15, -0.1) is 0 Å². The van der Waals surface area contributed by atoms with Crippen molar-refractivity contribution in [2.45, 2.75) is 52.0 Å². The smallest absolute Gasteiger partial charge is 0.273 e. The number of rotatable bonds is 7. The first kappa shape index (κ1) is 22.6. The molecular weight excluding hydrogens is 394 g/mol. The van der Waals surface area contributed by atoms with Crippen LogP contribution < -0.4 is 15.6 Å². The van der Waals surface area contributed by atoms with Crippen molar-refractivity contribution in [3.05, 3.63) is 53.0 Å². The monoisotopic (exact) mass is 421 g/mol. The van der Waals surface area contributed by atoms with E-state index in [4.69, 9.17) is 4.42 Å². The summed E-state index contributed by atoms with van der Waals surface area (Å²) in [6.07, 6.45) is 0.261. The van der Waals surface area contributed by atoms with Gasteiger partial charge in [-0.25, -0.2) is 8.42 Å². The standard InChI is InChI=1S/C20H27N3O5S/c1-12(2)10-18(23-29(26,27)16-8-6-13(3)7-9-16)20(25)22-21-19(24)17-11-14(4)28-15(17)5/h6-9,11-12,18,23H,10H2,1-5H3,(H,21,24)(H,22,25). The Kier molecular flexibility index (Phi) is 7.21. The number of aryl methyl sites for hydroxylation is 3. The van der Waals surface area contributed by atoms with Gasteiger partial charge in [-0.3, -0.25) is 20.4 Å². The summed E-state index contributed by atoms with van der Waals surface area (Å²) in [5.74, 6) is -0.158. The van der Waals surface area contributed by atoms with Gasteiger partial charge in [0.1, 0.15) is 17.6 Å². The molecule has 2 aromatic rings. The van der Waals surface area contributed by atoms with E-state index in [0.717, 1.165) is 5.56 Å². The number of benzene rings is 1. The molecule has 3 N–H and O–H groups in total. The summed E-state index contributed by atoms with van der Waals surface area (Å²) in [6.45, 7) is 8.94. The molecule has 9 heteroatoms. The average Bonchev–Trinajstić information content (AvgIpc) is 2.97. The lowest BCUT2D eigenvalue weighted by Crippen LogP contribution is -2.52. The average molecular weight is 422 g/mol. The van der Waals surface area contributed by atoms with Crippen LogP contribution in [0.4, 0.5) is 0 Å². The molecule has 1 aromatic heterocycles. The van der Waals surface area contributed by atoms with Gasteiger partial charge in [0.2, 0.25) is 10.0 Å². The molecule has 1 heterocycles. The van der Waals surface area contributed by atoms with Crippen LogP contribution >= 0.6 is 0 Å². The molecule has 0 saturated carbocycles. The van der Waals surface area contributed by atoms with Crippen LogP contribution in [0.3, 0.4) is 0 Å². The minimum absolute atomic E-state index is 0.0425. The Labute approximate surface area is 171 Å². The van der Waals surface area contributed by atoms with E-state index in [1.165, 1.54) is 12.1 Å². The first-order chi connectivity index (χ1) is 13.5. The van der Waals surface area contributed by atoms with Crippen molar-refractivity contribution < 1.29 is 22.4 Å². The number of hydrogen-bond acceptors (Lipinski definition) is 5. The van der Waals surface area contributed by atoms with Crippen LogP contribution in [0, 0.1) is 26.7 Å². The van der Waals surface area contributed by atoms with E-state index >= 15 is 0 Å². The summed E-state index contributed by atoms with van der Waals surface area (Å²) in [5.41, 5.74) is 5.82. The lowest BCUT2D eigenvalue weighted by atomic mass is 10.0. The second-order valence-electron chi connectivity index (χ2n) is 7.39. The minimum Gasteiger partial charge on any atom is -0.466 e. The van der Waals surface area contributed by atoms with Gasteiger partial charge >= 0.3 is 0 Å². The highest BCUT2D eigenvalue weighted by atomic mass is 32.2. The molecule has 1 aromatic carbocycles. The van der Waals surface area contributed by atoms with Crippen molar-refractivity contribution in [1.29, 1.82) is 0 Å². The molecule has 1 unspecified atom stereocenters. The second-order valence-corrected chi connectivity index (χ2v) is 9.10. The van der Waals surface area contributed by atoms with Gasteiger partial charge in [0.05, 0.1) is 10.5 Å². The van der Waals surface area contributed by atoms with Crippen LogP contribution in [-0.4, -0.2) is 26.3 Å². The molecular formula is C20H27N3O5S. The molecule has 1 atom stereocenters. The zero-order chi connectivity index (χ0) is 21.8. The van der Waals surface area contributed by atoms with E-state index in [2.05, 4.69) is 15.6 Å². The highest BCUT2D eigenvalue weighted by Crippen LogP contribution is 2.14. The molecule has 0 radical (unpaired) electrons. The van der Waals surface area contributed by atoms with Crippen molar-refractivity contribution in [2.24, 2.45) is 5.92 Å². The van der Waals surface area contributed by atoms with Crippen molar-refractivity contribution in [2.75, 3.05) is 0 Å². The van der Waals surface area contributed by atoms with Crippen molar-refractivity contribution in [3.8, 4) is 0 Å². The maximum Gasteiger partial charge on any atom is 0.273 e. The molecule has 158 valence electrons. The fraction of sp³-hybridized carbons (Fsp3) is 0.400. The number of amides is 2. The van der Waals surface area contributed by atoms with Gasteiger partial charge in [0.15, 0.2) is 0 Å². The topological polar surface area (TPSA) is 118 Å². The maximum absolute atomic E-state index is 12.7. The third-order valence-electron chi connectivity index (χ3n) is 4.24. The Morgan fingerprint density at radius 3 is 2.17 bits per heavy atom. The quantitative estimate of drug-likeness (QED) is 0.593. The summed E-state index contributed by atoms with van der Waals surface area (Å²) < 4.78 is 33.0. The van der Waals surface area contributed by atoms with Gasteiger partial charge in [-0.2, -0.15) is 4.72 Å². The summed E-state index contributed by atoms with van der Waals surface area (Å²) in [6, 6.07) is 6.83. The van der Waals surface area contributed by atoms with Gasteiger partial charge in [0, 0.05) is 0 Å². The molecule has 0 aliphatic carbocycles. The molecule has 2 amide bonds. The molecule has 0 fully saturated rings. The maximum atomic E-state index is 12.7. The number of carbonyl (C=O) groups is 2.